The minimum absolute atomic E-state index is 0.226. The highest BCUT2D eigenvalue weighted by atomic mass is 35.5. The van der Waals surface area contributed by atoms with Crippen molar-refractivity contribution in [2.24, 2.45) is 0 Å². The highest BCUT2D eigenvalue weighted by Gasteiger charge is 2.15. The molecule has 15 heavy (non-hydrogen) atoms. The Kier molecular flexibility index (Phi) is 3.57. The summed E-state index contributed by atoms with van der Waals surface area (Å²) in [4.78, 5) is 0. The fourth-order valence-electron chi connectivity index (χ4n) is 1.63. The molecule has 2 rings (SSSR count). The van der Waals surface area contributed by atoms with Crippen molar-refractivity contribution >= 4 is 11.6 Å². The highest BCUT2D eigenvalue weighted by Crippen LogP contribution is 2.19. The normalized spacial score (nSPS) is 20.8. The molecular formula is C11H13ClFNO. The van der Waals surface area contributed by atoms with Crippen molar-refractivity contribution in [3.63, 3.8) is 0 Å². The van der Waals surface area contributed by atoms with Crippen LogP contribution in [0.2, 0.25) is 5.02 Å². The average Bonchev–Trinajstić information content (AvgIpc) is 2.72. The van der Waals surface area contributed by atoms with Crippen LogP contribution in [0.3, 0.4) is 0 Å². The van der Waals surface area contributed by atoms with Crippen LogP contribution in [0.1, 0.15) is 12.0 Å². The predicted molar refractivity (Wildman–Crippen MR) is 57.5 cm³/mol. The van der Waals surface area contributed by atoms with Crippen LogP contribution in [-0.4, -0.2) is 19.2 Å². The van der Waals surface area contributed by atoms with Crippen molar-refractivity contribution in [1.82, 2.24) is 5.32 Å². The third-order valence-electron chi connectivity index (χ3n) is 2.50. The molecule has 1 aliphatic rings. The van der Waals surface area contributed by atoms with Gasteiger partial charge in [-0.25, -0.2) is 4.39 Å². The van der Waals surface area contributed by atoms with E-state index in [-0.39, 0.29) is 11.9 Å². The Morgan fingerprint density at radius 1 is 1.53 bits per heavy atom. The summed E-state index contributed by atoms with van der Waals surface area (Å²) in [5.74, 6) is -0.275. The van der Waals surface area contributed by atoms with Gasteiger partial charge in [-0.15, -0.1) is 0 Å². The van der Waals surface area contributed by atoms with E-state index in [1.165, 1.54) is 12.1 Å². The molecule has 1 unspecified atom stereocenters. The summed E-state index contributed by atoms with van der Waals surface area (Å²) in [7, 11) is 0. The van der Waals surface area contributed by atoms with E-state index in [1.54, 1.807) is 6.07 Å². The second-order valence-electron chi connectivity index (χ2n) is 3.66. The van der Waals surface area contributed by atoms with Gasteiger partial charge in [0.25, 0.3) is 0 Å². The lowest BCUT2D eigenvalue weighted by Gasteiger charge is -2.11. The smallest absolute Gasteiger partial charge is 0.123 e. The molecule has 0 spiro atoms. The summed E-state index contributed by atoms with van der Waals surface area (Å²) in [6.07, 6.45) is 1.23. The van der Waals surface area contributed by atoms with Crippen LogP contribution in [0.25, 0.3) is 0 Å². The minimum atomic E-state index is -0.275. The first-order valence-electron chi connectivity index (χ1n) is 5.02. The van der Waals surface area contributed by atoms with E-state index in [0.717, 1.165) is 19.5 Å². The van der Waals surface area contributed by atoms with Crippen molar-refractivity contribution in [1.29, 1.82) is 0 Å². The molecule has 0 radical (unpaired) electrons. The first-order chi connectivity index (χ1) is 7.25. The molecule has 0 amide bonds. The predicted octanol–water partition coefficient (Wildman–Crippen LogP) is 2.36. The lowest BCUT2D eigenvalue weighted by atomic mass is 10.2. The molecule has 1 atom stereocenters. The lowest BCUT2D eigenvalue weighted by Crippen LogP contribution is -2.16. The molecule has 82 valence electrons. The van der Waals surface area contributed by atoms with Crippen LogP contribution in [0.5, 0.6) is 0 Å². The molecule has 2 nitrogen and oxygen atoms in total. The van der Waals surface area contributed by atoms with E-state index < -0.39 is 0 Å². The van der Waals surface area contributed by atoms with E-state index in [4.69, 9.17) is 16.3 Å². The number of hydrogen-bond donors (Lipinski definition) is 1. The molecule has 1 N–H and O–H groups in total. The van der Waals surface area contributed by atoms with E-state index in [9.17, 15) is 4.39 Å². The minimum Gasteiger partial charge on any atom is -0.372 e. The summed E-state index contributed by atoms with van der Waals surface area (Å²) >= 11 is 5.92. The summed E-state index contributed by atoms with van der Waals surface area (Å²) in [6.45, 7) is 2.23. The van der Waals surface area contributed by atoms with E-state index in [1.807, 2.05) is 0 Å². The lowest BCUT2D eigenvalue weighted by molar-refractivity contribution is 0.0541. The molecule has 0 aliphatic carbocycles. The largest absolute Gasteiger partial charge is 0.372 e. The number of halogens is 2. The fourth-order valence-corrected chi connectivity index (χ4v) is 1.80. The number of nitrogens with one attached hydrogen (secondary N) is 1. The molecule has 0 saturated carbocycles. The van der Waals surface area contributed by atoms with Crippen LogP contribution in [-0.2, 0) is 11.3 Å². The van der Waals surface area contributed by atoms with Crippen molar-refractivity contribution in [3.05, 3.63) is 34.6 Å². The molecular weight excluding hydrogens is 217 g/mol. The van der Waals surface area contributed by atoms with Gasteiger partial charge >= 0.3 is 0 Å². The SMILES string of the molecule is Fc1ccc(Cl)c(COC2CCNC2)c1. The summed E-state index contributed by atoms with van der Waals surface area (Å²) in [5.41, 5.74) is 0.712. The number of hydrogen-bond acceptors (Lipinski definition) is 2. The van der Waals surface area contributed by atoms with Gasteiger partial charge in [-0.1, -0.05) is 11.6 Å². The van der Waals surface area contributed by atoms with Crippen molar-refractivity contribution in [3.8, 4) is 0 Å². The fraction of sp³-hybridized carbons (Fsp3) is 0.455. The maximum Gasteiger partial charge on any atom is 0.123 e. The molecule has 1 saturated heterocycles. The maximum atomic E-state index is 12.9. The van der Waals surface area contributed by atoms with Gasteiger partial charge in [0.2, 0.25) is 0 Å². The number of benzene rings is 1. The summed E-state index contributed by atoms with van der Waals surface area (Å²) in [5, 5.41) is 3.76. The molecule has 1 aromatic rings. The Morgan fingerprint density at radius 2 is 2.40 bits per heavy atom. The number of ether oxygens (including phenoxy) is 1. The molecule has 1 aliphatic heterocycles. The van der Waals surface area contributed by atoms with Gasteiger partial charge in [-0.2, -0.15) is 0 Å². The van der Waals surface area contributed by atoms with E-state index >= 15 is 0 Å². The Balaban J connectivity index is 1.94. The first-order valence-corrected chi connectivity index (χ1v) is 5.40. The Labute approximate surface area is 93.4 Å². The van der Waals surface area contributed by atoms with Crippen molar-refractivity contribution in [2.75, 3.05) is 13.1 Å². The van der Waals surface area contributed by atoms with Gasteiger partial charge in [-0.3, -0.25) is 0 Å². The zero-order valence-electron chi connectivity index (χ0n) is 8.30. The molecule has 1 aromatic carbocycles. The van der Waals surface area contributed by atoms with Crippen LogP contribution in [0.15, 0.2) is 18.2 Å². The first kappa shape index (κ1) is 10.9. The van der Waals surface area contributed by atoms with Gasteiger partial charge < -0.3 is 10.1 Å². The monoisotopic (exact) mass is 229 g/mol. The summed E-state index contributed by atoms with van der Waals surface area (Å²) in [6, 6.07) is 4.33. The molecule has 1 fully saturated rings. The quantitative estimate of drug-likeness (QED) is 0.859. The van der Waals surface area contributed by atoms with E-state index in [2.05, 4.69) is 5.32 Å². The Bertz CT molecular complexity index is 339. The van der Waals surface area contributed by atoms with Gasteiger partial charge in [0.05, 0.1) is 12.7 Å². The topological polar surface area (TPSA) is 21.3 Å². The van der Waals surface area contributed by atoms with Crippen LogP contribution in [0.4, 0.5) is 4.39 Å². The highest BCUT2D eigenvalue weighted by molar-refractivity contribution is 6.31. The number of rotatable bonds is 3. The average molecular weight is 230 g/mol. The van der Waals surface area contributed by atoms with Crippen LogP contribution >= 0.6 is 11.6 Å². The second kappa shape index (κ2) is 4.92. The Hall–Kier alpha value is -0.640. The van der Waals surface area contributed by atoms with Crippen molar-refractivity contribution in [2.45, 2.75) is 19.1 Å². The van der Waals surface area contributed by atoms with Gasteiger partial charge in [0, 0.05) is 11.6 Å². The maximum absolute atomic E-state index is 12.9. The third kappa shape index (κ3) is 2.91. The van der Waals surface area contributed by atoms with Gasteiger partial charge in [-0.05, 0) is 36.7 Å². The Morgan fingerprint density at radius 3 is 3.13 bits per heavy atom. The third-order valence-corrected chi connectivity index (χ3v) is 2.87. The zero-order chi connectivity index (χ0) is 10.7. The van der Waals surface area contributed by atoms with Gasteiger partial charge in [0.1, 0.15) is 5.82 Å². The summed E-state index contributed by atoms with van der Waals surface area (Å²) < 4.78 is 18.5. The molecule has 4 heteroatoms. The molecule has 0 bridgehead atoms. The second-order valence-corrected chi connectivity index (χ2v) is 4.07. The van der Waals surface area contributed by atoms with Crippen LogP contribution < -0.4 is 5.32 Å². The van der Waals surface area contributed by atoms with Crippen LogP contribution in [0, 0.1) is 5.82 Å². The molecule has 1 heterocycles. The standard InChI is InChI=1S/C11H13ClFNO/c12-11-2-1-9(13)5-8(11)7-15-10-3-4-14-6-10/h1-2,5,10,14H,3-4,6-7H2. The van der Waals surface area contributed by atoms with Crippen molar-refractivity contribution < 1.29 is 9.13 Å². The van der Waals surface area contributed by atoms with E-state index in [0.29, 0.717) is 17.2 Å². The molecule has 0 aromatic heterocycles. The zero-order valence-corrected chi connectivity index (χ0v) is 9.06. The van der Waals surface area contributed by atoms with Gasteiger partial charge in [0.15, 0.2) is 0 Å².